The number of benzene rings is 2. The highest BCUT2D eigenvalue weighted by Gasteiger charge is 2.04. The molecule has 1 heteroatoms. The lowest BCUT2D eigenvalue weighted by Gasteiger charge is -2.09. The summed E-state index contributed by atoms with van der Waals surface area (Å²) in [6.07, 6.45) is 10.5. The Hall–Kier alpha value is -1.08. The summed E-state index contributed by atoms with van der Waals surface area (Å²) < 4.78 is 0. The van der Waals surface area contributed by atoms with Crippen molar-refractivity contribution < 1.29 is 0 Å². The van der Waals surface area contributed by atoms with Crippen molar-refractivity contribution in [1.29, 1.82) is 0 Å². The van der Waals surface area contributed by atoms with E-state index in [1.54, 1.807) is 0 Å². The minimum Gasteiger partial charge on any atom is -0.0924 e. The number of alkyl halides is 1. The fraction of sp³-hybridized carbons (Fsp3) is 0.455. The highest BCUT2D eigenvalue weighted by atomic mass is 79.9. The summed E-state index contributed by atoms with van der Waals surface area (Å²) in [5, 5.41) is 1.01. The normalized spacial score (nSPS) is 10.9. The van der Waals surface area contributed by atoms with Gasteiger partial charge in [-0.1, -0.05) is 103 Å². The molecule has 2 aromatic carbocycles. The first-order chi connectivity index (χ1) is 11.3. The zero-order valence-corrected chi connectivity index (χ0v) is 15.9. The van der Waals surface area contributed by atoms with Gasteiger partial charge in [-0.2, -0.15) is 0 Å². The largest absolute Gasteiger partial charge is 0.0924 e. The molecule has 0 aliphatic rings. The monoisotopic (exact) mass is 372 g/mol. The lowest BCUT2D eigenvalue weighted by atomic mass is 9.96. The molecule has 0 heterocycles. The number of halogens is 1. The molecule has 0 bridgehead atoms. The van der Waals surface area contributed by atoms with Crippen molar-refractivity contribution in [1.82, 2.24) is 0 Å². The lowest BCUT2D eigenvalue weighted by molar-refractivity contribution is 0.607. The van der Waals surface area contributed by atoms with Gasteiger partial charge < -0.3 is 0 Å². The molecule has 0 nitrogen and oxygen atoms in total. The van der Waals surface area contributed by atoms with Crippen molar-refractivity contribution in [3.63, 3.8) is 0 Å². The Morgan fingerprint density at radius 1 is 0.739 bits per heavy atom. The van der Waals surface area contributed by atoms with Gasteiger partial charge in [0.1, 0.15) is 0 Å². The molecule has 0 unspecified atom stereocenters. The van der Waals surface area contributed by atoms with Gasteiger partial charge in [0.25, 0.3) is 0 Å². The zero-order chi connectivity index (χ0) is 16.3. The first kappa shape index (κ1) is 18.3. The molecule has 0 saturated heterocycles. The van der Waals surface area contributed by atoms with Crippen LogP contribution >= 0.6 is 15.9 Å². The highest BCUT2D eigenvalue weighted by Crippen LogP contribution is 2.25. The standard InChI is InChI=1S/C22H29Br/c1-2-3-4-5-6-7-10-19-13-15-21(16-14-19)22-12-9-8-11-20(22)17-18-23/h8-9,11-16H,2-7,10,17-18H2,1H3. The zero-order valence-electron chi connectivity index (χ0n) is 14.4. The Labute approximate surface area is 150 Å². The average Bonchev–Trinajstić information content (AvgIpc) is 2.59. The van der Waals surface area contributed by atoms with E-state index in [0.29, 0.717) is 0 Å². The number of unbranched alkanes of at least 4 members (excludes halogenated alkanes) is 5. The van der Waals surface area contributed by atoms with E-state index >= 15 is 0 Å². The third-order valence-corrected chi connectivity index (χ3v) is 4.86. The van der Waals surface area contributed by atoms with Crippen LogP contribution in [0, 0.1) is 0 Å². The van der Waals surface area contributed by atoms with Crippen molar-refractivity contribution in [2.45, 2.75) is 58.3 Å². The number of hydrogen-bond donors (Lipinski definition) is 0. The van der Waals surface area contributed by atoms with Crippen LogP contribution in [0.15, 0.2) is 48.5 Å². The molecular weight excluding hydrogens is 344 g/mol. The molecule has 0 saturated carbocycles. The highest BCUT2D eigenvalue weighted by molar-refractivity contribution is 9.09. The van der Waals surface area contributed by atoms with Crippen LogP contribution in [-0.4, -0.2) is 5.33 Å². The smallest absolute Gasteiger partial charge is 0.00720 e. The van der Waals surface area contributed by atoms with Crippen LogP contribution in [0.4, 0.5) is 0 Å². The number of aryl methyl sites for hydroxylation is 2. The SMILES string of the molecule is CCCCCCCCc1ccc(-c2ccccc2CCBr)cc1. The molecule has 0 N–H and O–H groups in total. The summed E-state index contributed by atoms with van der Waals surface area (Å²) in [7, 11) is 0. The molecule has 0 aliphatic carbocycles. The van der Waals surface area contributed by atoms with Crippen molar-refractivity contribution in [3.8, 4) is 11.1 Å². The van der Waals surface area contributed by atoms with Crippen LogP contribution in [0.5, 0.6) is 0 Å². The van der Waals surface area contributed by atoms with Gasteiger partial charge in [0.05, 0.1) is 0 Å². The minimum atomic E-state index is 1.01. The molecule has 0 spiro atoms. The number of hydrogen-bond acceptors (Lipinski definition) is 0. The molecular formula is C22H29Br. The summed E-state index contributed by atoms with van der Waals surface area (Å²) in [5.41, 5.74) is 5.61. The van der Waals surface area contributed by atoms with Gasteiger partial charge in [0, 0.05) is 5.33 Å². The van der Waals surface area contributed by atoms with Gasteiger partial charge in [-0.15, -0.1) is 0 Å². The molecule has 23 heavy (non-hydrogen) atoms. The van der Waals surface area contributed by atoms with Gasteiger partial charge >= 0.3 is 0 Å². The van der Waals surface area contributed by atoms with E-state index in [1.807, 2.05) is 0 Å². The Morgan fingerprint density at radius 2 is 1.43 bits per heavy atom. The fourth-order valence-electron chi connectivity index (χ4n) is 3.08. The lowest BCUT2D eigenvalue weighted by Crippen LogP contribution is -1.91. The van der Waals surface area contributed by atoms with E-state index in [1.165, 1.54) is 67.2 Å². The van der Waals surface area contributed by atoms with E-state index in [4.69, 9.17) is 0 Å². The first-order valence-electron chi connectivity index (χ1n) is 9.08. The Bertz CT molecular complexity index is 556. The molecule has 0 amide bonds. The second-order valence-electron chi connectivity index (χ2n) is 6.31. The average molecular weight is 373 g/mol. The molecule has 0 radical (unpaired) electrons. The predicted molar refractivity (Wildman–Crippen MR) is 106 cm³/mol. The maximum atomic E-state index is 3.56. The summed E-state index contributed by atoms with van der Waals surface area (Å²) in [6, 6.07) is 17.9. The van der Waals surface area contributed by atoms with E-state index in [9.17, 15) is 0 Å². The molecule has 0 aromatic heterocycles. The van der Waals surface area contributed by atoms with E-state index in [-0.39, 0.29) is 0 Å². The maximum absolute atomic E-state index is 3.56. The Balaban J connectivity index is 1.89. The Kier molecular flexibility index (Phi) is 8.46. The van der Waals surface area contributed by atoms with Gasteiger partial charge in [0.2, 0.25) is 0 Å². The van der Waals surface area contributed by atoms with Crippen LogP contribution in [0.25, 0.3) is 11.1 Å². The van der Waals surface area contributed by atoms with Crippen LogP contribution in [0.3, 0.4) is 0 Å². The fourth-order valence-corrected chi connectivity index (χ4v) is 3.51. The minimum absolute atomic E-state index is 1.01. The van der Waals surface area contributed by atoms with Crippen LogP contribution in [0.2, 0.25) is 0 Å². The van der Waals surface area contributed by atoms with Crippen molar-refractivity contribution in [2.75, 3.05) is 5.33 Å². The Morgan fingerprint density at radius 3 is 2.17 bits per heavy atom. The predicted octanol–water partition coefficient (Wildman–Crippen LogP) is 7.19. The first-order valence-corrected chi connectivity index (χ1v) is 10.2. The van der Waals surface area contributed by atoms with Crippen LogP contribution in [0.1, 0.15) is 56.6 Å². The van der Waals surface area contributed by atoms with Crippen LogP contribution < -0.4 is 0 Å². The molecule has 2 aromatic rings. The van der Waals surface area contributed by atoms with Crippen LogP contribution in [-0.2, 0) is 12.8 Å². The third-order valence-electron chi connectivity index (χ3n) is 4.47. The number of rotatable bonds is 10. The van der Waals surface area contributed by atoms with E-state index < -0.39 is 0 Å². The van der Waals surface area contributed by atoms with Crippen molar-refractivity contribution in [3.05, 3.63) is 59.7 Å². The summed E-state index contributed by atoms with van der Waals surface area (Å²) in [4.78, 5) is 0. The quantitative estimate of drug-likeness (QED) is 0.305. The molecule has 124 valence electrons. The van der Waals surface area contributed by atoms with E-state index in [0.717, 1.165) is 11.8 Å². The molecule has 2 rings (SSSR count). The third kappa shape index (κ3) is 6.14. The topological polar surface area (TPSA) is 0 Å². The van der Waals surface area contributed by atoms with Crippen molar-refractivity contribution in [2.24, 2.45) is 0 Å². The van der Waals surface area contributed by atoms with E-state index in [2.05, 4.69) is 71.4 Å². The molecule has 0 aliphatic heterocycles. The van der Waals surface area contributed by atoms with Gasteiger partial charge in [-0.05, 0) is 41.5 Å². The van der Waals surface area contributed by atoms with Gasteiger partial charge in [-0.25, -0.2) is 0 Å². The summed E-state index contributed by atoms with van der Waals surface area (Å²) >= 11 is 3.56. The second kappa shape index (κ2) is 10.6. The summed E-state index contributed by atoms with van der Waals surface area (Å²) in [5.74, 6) is 0. The second-order valence-corrected chi connectivity index (χ2v) is 7.10. The summed E-state index contributed by atoms with van der Waals surface area (Å²) in [6.45, 7) is 2.28. The maximum Gasteiger partial charge on any atom is 0.00720 e. The molecule has 0 fully saturated rings. The van der Waals surface area contributed by atoms with Crippen molar-refractivity contribution >= 4 is 15.9 Å². The molecule has 0 atom stereocenters. The van der Waals surface area contributed by atoms with Gasteiger partial charge in [-0.3, -0.25) is 0 Å². The van der Waals surface area contributed by atoms with Gasteiger partial charge in [0.15, 0.2) is 0 Å².